The molecular weight excluding hydrogens is 418 g/mol. The summed E-state index contributed by atoms with van der Waals surface area (Å²) in [4.78, 5) is 39.7. The first kappa shape index (κ1) is 24.7. The van der Waals surface area contributed by atoms with E-state index in [4.69, 9.17) is 11.5 Å². The van der Waals surface area contributed by atoms with Gasteiger partial charge in [-0.25, -0.2) is 0 Å². The van der Waals surface area contributed by atoms with Crippen molar-refractivity contribution in [2.45, 2.75) is 32.2 Å². The summed E-state index contributed by atoms with van der Waals surface area (Å²) in [6, 6.07) is 13.7. The molecule has 1 aliphatic rings. The molecule has 3 atom stereocenters. The van der Waals surface area contributed by atoms with E-state index in [1.54, 1.807) is 6.92 Å². The Bertz CT molecular complexity index is 977. The van der Waals surface area contributed by atoms with Crippen molar-refractivity contribution in [2.75, 3.05) is 32.7 Å². The van der Waals surface area contributed by atoms with Crippen LogP contribution in [0, 0.1) is 11.8 Å². The van der Waals surface area contributed by atoms with Gasteiger partial charge in [0.2, 0.25) is 17.7 Å². The van der Waals surface area contributed by atoms with Gasteiger partial charge in [0.1, 0.15) is 0 Å². The van der Waals surface area contributed by atoms with Crippen LogP contribution in [0.4, 0.5) is 0 Å². The lowest BCUT2D eigenvalue weighted by molar-refractivity contribution is -0.132. The number of benzene rings is 2. The second-order valence-corrected chi connectivity index (χ2v) is 8.75. The highest BCUT2D eigenvalue weighted by atomic mass is 16.2. The lowest BCUT2D eigenvalue weighted by Crippen LogP contribution is -2.42. The number of amides is 3. The third-order valence-electron chi connectivity index (χ3n) is 6.15. The van der Waals surface area contributed by atoms with E-state index in [0.29, 0.717) is 26.1 Å². The molecule has 0 unspecified atom stereocenters. The summed E-state index contributed by atoms with van der Waals surface area (Å²) in [5, 5.41) is 8.19. The van der Waals surface area contributed by atoms with Gasteiger partial charge in [-0.3, -0.25) is 14.4 Å². The zero-order valence-electron chi connectivity index (χ0n) is 19.3. The molecule has 0 saturated carbocycles. The van der Waals surface area contributed by atoms with E-state index in [9.17, 15) is 14.4 Å². The van der Waals surface area contributed by atoms with Crippen LogP contribution in [0.25, 0.3) is 10.8 Å². The van der Waals surface area contributed by atoms with Crippen molar-refractivity contribution in [3.8, 4) is 0 Å². The van der Waals surface area contributed by atoms with Crippen LogP contribution >= 0.6 is 0 Å². The number of rotatable bonds is 10. The van der Waals surface area contributed by atoms with Gasteiger partial charge in [0.25, 0.3) is 0 Å². The van der Waals surface area contributed by atoms with Gasteiger partial charge in [-0.1, -0.05) is 42.5 Å². The minimum absolute atomic E-state index is 0.197. The predicted octanol–water partition coefficient (Wildman–Crippen LogP) is 0.775. The molecule has 0 bridgehead atoms. The number of likely N-dealkylation sites (tertiary alicyclic amines) is 1. The van der Waals surface area contributed by atoms with E-state index in [1.807, 2.05) is 12.1 Å². The van der Waals surface area contributed by atoms with Crippen LogP contribution in [0.3, 0.4) is 0 Å². The SMILES string of the molecule is C[C@H](N)C(=O)N1C[C@@H](C(=O)NCCCCN)[C@H](C(=O)NCCc2ccc3ccccc3c2)C1. The van der Waals surface area contributed by atoms with Gasteiger partial charge in [-0.05, 0) is 49.1 Å². The molecule has 0 radical (unpaired) electrons. The van der Waals surface area contributed by atoms with E-state index in [0.717, 1.165) is 23.8 Å². The average molecular weight is 454 g/mol. The van der Waals surface area contributed by atoms with E-state index in [2.05, 4.69) is 41.0 Å². The van der Waals surface area contributed by atoms with Crippen molar-refractivity contribution in [2.24, 2.45) is 23.3 Å². The van der Waals surface area contributed by atoms with Crippen LogP contribution in [0.5, 0.6) is 0 Å². The number of fused-ring (bicyclic) bond motifs is 1. The molecule has 1 aliphatic heterocycles. The Kier molecular flexibility index (Phi) is 8.79. The molecule has 33 heavy (non-hydrogen) atoms. The third kappa shape index (κ3) is 6.52. The first-order valence-electron chi connectivity index (χ1n) is 11.7. The summed E-state index contributed by atoms with van der Waals surface area (Å²) in [6.07, 6.45) is 2.28. The highest BCUT2D eigenvalue weighted by molar-refractivity contribution is 5.91. The zero-order valence-corrected chi connectivity index (χ0v) is 19.3. The van der Waals surface area contributed by atoms with Crippen molar-refractivity contribution in [1.82, 2.24) is 15.5 Å². The molecule has 8 nitrogen and oxygen atoms in total. The van der Waals surface area contributed by atoms with E-state index in [-0.39, 0.29) is 30.8 Å². The zero-order chi connectivity index (χ0) is 23.8. The van der Waals surface area contributed by atoms with Gasteiger partial charge in [0.05, 0.1) is 17.9 Å². The van der Waals surface area contributed by atoms with Gasteiger partial charge in [0, 0.05) is 26.2 Å². The van der Waals surface area contributed by atoms with Crippen molar-refractivity contribution >= 4 is 28.5 Å². The number of carbonyl (C=O) groups is 3. The molecule has 1 heterocycles. The fourth-order valence-corrected chi connectivity index (χ4v) is 4.27. The average Bonchev–Trinajstić information content (AvgIpc) is 3.26. The molecule has 0 aliphatic carbocycles. The van der Waals surface area contributed by atoms with Crippen LogP contribution in [0.2, 0.25) is 0 Å². The number of carbonyl (C=O) groups excluding carboxylic acids is 3. The Balaban J connectivity index is 1.60. The smallest absolute Gasteiger partial charge is 0.239 e. The summed E-state index contributed by atoms with van der Waals surface area (Å²) < 4.78 is 0. The summed E-state index contributed by atoms with van der Waals surface area (Å²) in [5.41, 5.74) is 12.4. The predicted molar refractivity (Wildman–Crippen MR) is 129 cm³/mol. The number of hydrogen-bond acceptors (Lipinski definition) is 5. The molecule has 3 rings (SSSR count). The van der Waals surface area contributed by atoms with Gasteiger partial charge in [-0.2, -0.15) is 0 Å². The molecule has 1 saturated heterocycles. The highest BCUT2D eigenvalue weighted by Gasteiger charge is 2.43. The first-order chi connectivity index (χ1) is 15.9. The maximum Gasteiger partial charge on any atom is 0.239 e. The van der Waals surface area contributed by atoms with Crippen LogP contribution in [-0.2, 0) is 20.8 Å². The standard InChI is InChI=1S/C25H35N5O3/c1-17(27)25(33)30-15-21(23(31)28-12-5-4-11-26)22(16-30)24(32)29-13-10-18-8-9-19-6-2-3-7-20(19)14-18/h2-3,6-9,14,17,21-22H,4-5,10-13,15-16,26-27H2,1H3,(H,28,31)(H,29,32)/t17-,21+,22+/m0/s1. The van der Waals surface area contributed by atoms with Gasteiger partial charge in [0.15, 0.2) is 0 Å². The molecule has 1 fully saturated rings. The number of nitrogens with one attached hydrogen (secondary N) is 2. The Morgan fingerprint density at radius 1 is 0.970 bits per heavy atom. The lowest BCUT2D eigenvalue weighted by Gasteiger charge is -2.18. The third-order valence-corrected chi connectivity index (χ3v) is 6.15. The Morgan fingerprint density at radius 3 is 2.24 bits per heavy atom. The van der Waals surface area contributed by atoms with Crippen LogP contribution in [0.1, 0.15) is 25.3 Å². The summed E-state index contributed by atoms with van der Waals surface area (Å²) in [7, 11) is 0. The molecule has 0 aromatic heterocycles. The van der Waals surface area contributed by atoms with Crippen LogP contribution < -0.4 is 22.1 Å². The van der Waals surface area contributed by atoms with E-state index in [1.165, 1.54) is 10.3 Å². The molecule has 178 valence electrons. The van der Waals surface area contributed by atoms with Crippen molar-refractivity contribution in [3.63, 3.8) is 0 Å². The first-order valence-corrected chi connectivity index (χ1v) is 11.7. The molecule has 6 N–H and O–H groups in total. The van der Waals surface area contributed by atoms with Gasteiger partial charge in [-0.15, -0.1) is 0 Å². The minimum atomic E-state index is -0.673. The van der Waals surface area contributed by atoms with Crippen molar-refractivity contribution in [1.29, 1.82) is 0 Å². The number of hydrogen-bond donors (Lipinski definition) is 4. The fraction of sp³-hybridized carbons (Fsp3) is 0.480. The quantitative estimate of drug-likeness (QED) is 0.395. The van der Waals surface area contributed by atoms with Crippen LogP contribution in [-0.4, -0.2) is 61.4 Å². The molecule has 3 amide bonds. The molecule has 2 aromatic rings. The number of unbranched alkanes of at least 4 members (excludes halogenated alkanes) is 1. The van der Waals surface area contributed by atoms with Gasteiger partial charge >= 0.3 is 0 Å². The summed E-state index contributed by atoms with van der Waals surface area (Å²) in [6.45, 7) is 3.54. The van der Waals surface area contributed by atoms with Crippen molar-refractivity contribution < 1.29 is 14.4 Å². The maximum atomic E-state index is 13.0. The van der Waals surface area contributed by atoms with Crippen molar-refractivity contribution in [3.05, 3.63) is 48.0 Å². The normalized spacial score (nSPS) is 18.8. The van der Waals surface area contributed by atoms with Crippen LogP contribution in [0.15, 0.2) is 42.5 Å². The summed E-state index contributed by atoms with van der Waals surface area (Å²) >= 11 is 0. The number of nitrogens with zero attached hydrogens (tertiary/aromatic N) is 1. The fourth-order valence-electron chi connectivity index (χ4n) is 4.27. The molecule has 2 aromatic carbocycles. The summed E-state index contributed by atoms with van der Waals surface area (Å²) in [5.74, 6) is -1.85. The monoisotopic (exact) mass is 453 g/mol. The minimum Gasteiger partial charge on any atom is -0.356 e. The molecule has 8 heteroatoms. The Labute approximate surface area is 195 Å². The second-order valence-electron chi connectivity index (χ2n) is 8.75. The second kappa shape index (κ2) is 11.8. The maximum absolute atomic E-state index is 13.0. The van der Waals surface area contributed by atoms with Gasteiger partial charge < -0.3 is 27.0 Å². The van der Waals surface area contributed by atoms with E-state index >= 15 is 0 Å². The molecular formula is C25H35N5O3. The van der Waals surface area contributed by atoms with E-state index < -0.39 is 17.9 Å². The Hall–Kier alpha value is -2.97. The lowest BCUT2D eigenvalue weighted by atomic mass is 9.94. The number of nitrogens with two attached hydrogens (primary N) is 2. The molecule has 0 spiro atoms. The topological polar surface area (TPSA) is 131 Å². The largest absolute Gasteiger partial charge is 0.356 e. The highest BCUT2D eigenvalue weighted by Crippen LogP contribution is 2.25. The Morgan fingerprint density at radius 2 is 1.61 bits per heavy atom.